The Bertz CT molecular complexity index is 1420. The monoisotopic (exact) mass is 532 g/mol. The molecule has 3 heteroatoms. The summed E-state index contributed by atoms with van der Waals surface area (Å²) < 4.78 is 6.18. The molecule has 0 amide bonds. The van der Waals surface area contributed by atoms with Gasteiger partial charge in [-0.1, -0.05) is 121 Å². The fourth-order valence-electron chi connectivity index (χ4n) is 5.01. The highest BCUT2D eigenvalue weighted by molar-refractivity contribution is 5.54. The molecule has 0 radical (unpaired) electrons. The molecule has 41 heavy (non-hydrogen) atoms. The van der Waals surface area contributed by atoms with Crippen molar-refractivity contribution in [1.29, 1.82) is 0 Å². The standard InChI is InChI=1S/C38H32N2O/c1-5-13-29(14-6-1)37(30-15-7-2-8-16-30)39-33-21-25-35(26-22-33)41-36-27-23-34(24-28-36)40-38(31-17-9-3-10-18-31)32-19-11-4-12-20-32/h1-28,37-40H. The first-order valence-corrected chi connectivity index (χ1v) is 13.9. The zero-order chi connectivity index (χ0) is 27.7. The van der Waals surface area contributed by atoms with Gasteiger partial charge in [0.2, 0.25) is 0 Å². The summed E-state index contributed by atoms with van der Waals surface area (Å²) in [6, 6.07) is 58.4. The van der Waals surface area contributed by atoms with Crippen LogP contribution in [0.1, 0.15) is 34.3 Å². The average Bonchev–Trinajstić information content (AvgIpc) is 3.06. The molecule has 0 atom stereocenters. The topological polar surface area (TPSA) is 33.3 Å². The summed E-state index contributed by atoms with van der Waals surface area (Å²) in [5.74, 6) is 1.58. The lowest BCUT2D eigenvalue weighted by atomic mass is 9.98. The number of hydrogen-bond acceptors (Lipinski definition) is 3. The quantitative estimate of drug-likeness (QED) is 0.184. The van der Waals surface area contributed by atoms with Gasteiger partial charge >= 0.3 is 0 Å². The maximum absolute atomic E-state index is 6.18. The molecule has 0 spiro atoms. The number of benzene rings is 6. The molecule has 2 N–H and O–H groups in total. The van der Waals surface area contributed by atoms with Crippen molar-refractivity contribution in [3.63, 3.8) is 0 Å². The van der Waals surface area contributed by atoms with E-state index in [1.54, 1.807) is 0 Å². The van der Waals surface area contributed by atoms with Gasteiger partial charge in [0.1, 0.15) is 11.5 Å². The van der Waals surface area contributed by atoms with E-state index in [2.05, 4.69) is 132 Å². The predicted molar refractivity (Wildman–Crippen MR) is 170 cm³/mol. The number of hydrogen-bond donors (Lipinski definition) is 2. The maximum atomic E-state index is 6.18. The van der Waals surface area contributed by atoms with Gasteiger partial charge < -0.3 is 15.4 Å². The summed E-state index contributed by atoms with van der Waals surface area (Å²) in [5, 5.41) is 7.38. The molecule has 0 unspecified atom stereocenters. The molecule has 0 aliphatic carbocycles. The minimum atomic E-state index is 0.0554. The molecule has 3 nitrogen and oxygen atoms in total. The fraction of sp³-hybridized carbons (Fsp3) is 0.0526. The lowest BCUT2D eigenvalue weighted by Gasteiger charge is -2.21. The SMILES string of the molecule is c1ccc(C(Nc2ccc(Oc3ccc(NC(c4ccccc4)c4ccccc4)cc3)cc2)c2ccccc2)cc1. The lowest BCUT2D eigenvalue weighted by molar-refractivity contribution is 0.483. The molecule has 0 aliphatic rings. The molecule has 6 aromatic carbocycles. The van der Waals surface area contributed by atoms with Crippen LogP contribution in [0.15, 0.2) is 170 Å². The molecule has 0 saturated carbocycles. The van der Waals surface area contributed by atoms with E-state index < -0.39 is 0 Å². The van der Waals surface area contributed by atoms with Crippen molar-refractivity contribution in [1.82, 2.24) is 0 Å². The molecule has 6 rings (SSSR count). The molecule has 0 aliphatic heterocycles. The van der Waals surface area contributed by atoms with Crippen LogP contribution in [0.25, 0.3) is 0 Å². The normalized spacial score (nSPS) is 10.9. The zero-order valence-electron chi connectivity index (χ0n) is 22.7. The minimum Gasteiger partial charge on any atom is -0.457 e. The Balaban J connectivity index is 1.13. The summed E-state index contributed by atoms with van der Waals surface area (Å²) in [6.45, 7) is 0. The molecule has 0 saturated heterocycles. The number of rotatable bonds is 10. The van der Waals surface area contributed by atoms with Crippen LogP contribution in [-0.4, -0.2) is 0 Å². The summed E-state index contributed by atoms with van der Waals surface area (Å²) in [4.78, 5) is 0. The van der Waals surface area contributed by atoms with Crippen molar-refractivity contribution < 1.29 is 4.74 Å². The Morgan fingerprint density at radius 1 is 0.317 bits per heavy atom. The van der Waals surface area contributed by atoms with Crippen LogP contribution in [-0.2, 0) is 0 Å². The van der Waals surface area contributed by atoms with Gasteiger partial charge in [0.25, 0.3) is 0 Å². The lowest BCUT2D eigenvalue weighted by Crippen LogP contribution is -2.12. The molecule has 200 valence electrons. The van der Waals surface area contributed by atoms with Crippen LogP contribution in [0.3, 0.4) is 0 Å². The minimum absolute atomic E-state index is 0.0554. The Kier molecular flexibility index (Phi) is 8.05. The molecule has 0 heterocycles. The highest BCUT2D eigenvalue weighted by atomic mass is 16.5. The van der Waals surface area contributed by atoms with E-state index in [1.165, 1.54) is 22.3 Å². The Morgan fingerprint density at radius 3 is 0.854 bits per heavy atom. The van der Waals surface area contributed by atoms with Gasteiger partial charge in [-0.3, -0.25) is 0 Å². The van der Waals surface area contributed by atoms with Crippen molar-refractivity contribution in [2.75, 3.05) is 10.6 Å². The highest BCUT2D eigenvalue weighted by Gasteiger charge is 2.15. The molecule has 6 aromatic rings. The molecular weight excluding hydrogens is 500 g/mol. The van der Waals surface area contributed by atoms with Crippen molar-refractivity contribution in [3.05, 3.63) is 192 Å². The van der Waals surface area contributed by atoms with Gasteiger partial charge in [0.15, 0.2) is 0 Å². The first kappa shape index (κ1) is 26.0. The van der Waals surface area contributed by atoms with Crippen LogP contribution in [0.5, 0.6) is 11.5 Å². The van der Waals surface area contributed by atoms with E-state index in [9.17, 15) is 0 Å². The average molecular weight is 533 g/mol. The third kappa shape index (κ3) is 6.66. The fourth-order valence-corrected chi connectivity index (χ4v) is 5.01. The third-order valence-corrected chi connectivity index (χ3v) is 7.10. The number of ether oxygens (including phenoxy) is 1. The van der Waals surface area contributed by atoms with Crippen molar-refractivity contribution in [2.45, 2.75) is 12.1 Å². The van der Waals surface area contributed by atoms with Gasteiger partial charge in [-0.25, -0.2) is 0 Å². The van der Waals surface area contributed by atoms with Crippen molar-refractivity contribution in [2.24, 2.45) is 0 Å². The van der Waals surface area contributed by atoms with E-state index in [1.807, 2.05) is 48.5 Å². The van der Waals surface area contributed by atoms with Crippen LogP contribution in [0, 0.1) is 0 Å². The smallest absolute Gasteiger partial charge is 0.127 e. The van der Waals surface area contributed by atoms with Gasteiger partial charge in [-0.15, -0.1) is 0 Å². The summed E-state index contributed by atoms with van der Waals surface area (Å²) >= 11 is 0. The number of nitrogens with one attached hydrogen (secondary N) is 2. The van der Waals surface area contributed by atoms with Gasteiger partial charge in [-0.2, -0.15) is 0 Å². The number of anilines is 2. The summed E-state index contributed by atoms with van der Waals surface area (Å²) in [5.41, 5.74) is 6.93. The van der Waals surface area contributed by atoms with E-state index in [4.69, 9.17) is 4.74 Å². The van der Waals surface area contributed by atoms with Crippen LogP contribution in [0.2, 0.25) is 0 Å². The van der Waals surface area contributed by atoms with Crippen molar-refractivity contribution in [3.8, 4) is 11.5 Å². The van der Waals surface area contributed by atoms with E-state index >= 15 is 0 Å². The summed E-state index contributed by atoms with van der Waals surface area (Å²) in [7, 11) is 0. The molecule has 0 fully saturated rings. The van der Waals surface area contributed by atoms with Crippen LogP contribution in [0.4, 0.5) is 11.4 Å². The first-order valence-electron chi connectivity index (χ1n) is 13.9. The second-order valence-corrected chi connectivity index (χ2v) is 9.95. The van der Waals surface area contributed by atoms with E-state index in [-0.39, 0.29) is 12.1 Å². The van der Waals surface area contributed by atoms with Gasteiger partial charge in [0.05, 0.1) is 12.1 Å². The third-order valence-electron chi connectivity index (χ3n) is 7.10. The second kappa shape index (κ2) is 12.7. The predicted octanol–water partition coefficient (Wildman–Crippen LogP) is 9.88. The van der Waals surface area contributed by atoms with Gasteiger partial charge in [-0.05, 0) is 70.8 Å². The Hall–Kier alpha value is -5.28. The van der Waals surface area contributed by atoms with E-state index in [0.717, 1.165) is 22.9 Å². The van der Waals surface area contributed by atoms with Crippen LogP contribution >= 0.6 is 0 Å². The summed E-state index contributed by atoms with van der Waals surface area (Å²) in [6.07, 6.45) is 0. The zero-order valence-corrected chi connectivity index (χ0v) is 22.7. The van der Waals surface area contributed by atoms with Crippen molar-refractivity contribution >= 4 is 11.4 Å². The maximum Gasteiger partial charge on any atom is 0.127 e. The highest BCUT2D eigenvalue weighted by Crippen LogP contribution is 2.31. The first-order chi connectivity index (χ1) is 20.3. The van der Waals surface area contributed by atoms with E-state index in [0.29, 0.717) is 0 Å². The second-order valence-electron chi connectivity index (χ2n) is 9.95. The Labute approximate surface area is 242 Å². The molecular formula is C38H32N2O. The molecule has 0 aromatic heterocycles. The Morgan fingerprint density at radius 2 is 0.585 bits per heavy atom. The van der Waals surface area contributed by atoms with Gasteiger partial charge in [0, 0.05) is 11.4 Å². The largest absolute Gasteiger partial charge is 0.457 e. The molecule has 0 bridgehead atoms. The van der Waals surface area contributed by atoms with Crippen LogP contribution < -0.4 is 15.4 Å².